The van der Waals surface area contributed by atoms with Crippen molar-refractivity contribution in [2.75, 3.05) is 21.3 Å². The van der Waals surface area contributed by atoms with Gasteiger partial charge in [0.1, 0.15) is 0 Å². The van der Waals surface area contributed by atoms with Crippen LogP contribution in [0.5, 0.6) is 0 Å². The van der Waals surface area contributed by atoms with E-state index in [1.807, 2.05) is 57.2 Å². The second-order valence-electron chi connectivity index (χ2n) is 8.23. The van der Waals surface area contributed by atoms with Crippen molar-refractivity contribution >= 4 is 11.7 Å². The molecule has 3 aromatic rings. The first-order chi connectivity index (χ1) is 19.2. The predicted octanol–water partition coefficient (Wildman–Crippen LogP) is 3.80. The molecule has 0 aliphatic heterocycles. The average Bonchev–Trinajstić information content (AvgIpc) is 3.51. The molecule has 0 bridgehead atoms. The van der Waals surface area contributed by atoms with Gasteiger partial charge in [0.25, 0.3) is 5.97 Å². The number of nitrogens with zero attached hydrogens (tertiary/aromatic N) is 3. The molecule has 0 aliphatic carbocycles. The molecule has 2 aromatic carbocycles. The molecule has 0 spiro atoms. The highest BCUT2D eigenvalue weighted by Crippen LogP contribution is 2.17. The maximum atomic E-state index is 11.2. The topological polar surface area (TPSA) is 180 Å². The van der Waals surface area contributed by atoms with E-state index in [1.54, 1.807) is 33.5 Å². The minimum atomic E-state index is -0.833. The number of nitrogens with one attached hydrogen (secondary N) is 1. The van der Waals surface area contributed by atoms with Crippen LogP contribution in [0.4, 0.5) is 0 Å². The fraction of sp³-hybridized carbons (Fsp3) is 0.429. The van der Waals surface area contributed by atoms with Crippen LogP contribution in [0.1, 0.15) is 57.6 Å². The number of amidine groups is 1. The third-order valence-corrected chi connectivity index (χ3v) is 5.75. The van der Waals surface area contributed by atoms with Crippen LogP contribution >= 0.6 is 0 Å². The Kier molecular flexibility index (Phi) is 15.8. The second kappa shape index (κ2) is 18.4. The first-order valence-electron chi connectivity index (χ1n) is 12.9. The maximum absolute atomic E-state index is 11.2. The van der Waals surface area contributed by atoms with Crippen LogP contribution in [0.2, 0.25) is 0 Å². The molecule has 0 atom stereocenters. The molecule has 1 heterocycles. The molecule has 0 fully saturated rings. The lowest BCUT2D eigenvalue weighted by molar-refractivity contribution is -0.352. The van der Waals surface area contributed by atoms with Gasteiger partial charge in [-0.1, -0.05) is 79.6 Å². The van der Waals surface area contributed by atoms with E-state index < -0.39 is 5.97 Å². The lowest BCUT2D eigenvalue weighted by Crippen LogP contribution is -2.34. The summed E-state index contributed by atoms with van der Waals surface area (Å²) in [4.78, 5) is 15.4. The summed E-state index contributed by atoms with van der Waals surface area (Å²) >= 11 is 0. The quantitative estimate of drug-likeness (QED) is 0.0885. The summed E-state index contributed by atoms with van der Waals surface area (Å²) in [6.07, 6.45) is 1.91. The number of hydrogen-bond acceptors (Lipinski definition) is 10. The van der Waals surface area contributed by atoms with E-state index in [-0.39, 0.29) is 13.2 Å². The predicted molar refractivity (Wildman–Crippen MR) is 154 cm³/mol. The molecule has 6 N–H and O–H groups in total. The van der Waals surface area contributed by atoms with Gasteiger partial charge in [0.15, 0.2) is 5.84 Å². The molecule has 40 heavy (non-hydrogen) atoms. The molecule has 1 aromatic heterocycles. The summed E-state index contributed by atoms with van der Waals surface area (Å²) < 4.78 is 19.9. The Hall–Kier alpha value is -3.84. The van der Waals surface area contributed by atoms with Crippen LogP contribution in [0.25, 0.3) is 11.4 Å². The van der Waals surface area contributed by atoms with Crippen molar-refractivity contribution in [1.82, 2.24) is 15.5 Å². The van der Waals surface area contributed by atoms with Crippen LogP contribution in [-0.2, 0) is 38.5 Å². The van der Waals surface area contributed by atoms with Gasteiger partial charge < -0.3 is 40.7 Å². The molecule has 12 nitrogen and oxygen atoms in total. The first-order valence-corrected chi connectivity index (χ1v) is 12.9. The van der Waals surface area contributed by atoms with Crippen molar-refractivity contribution in [2.24, 2.45) is 16.6 Å². The highest BCUT2D eigenvalue weighted by molar-refractivity contribution is 5.96. The normalized spacial score (nSPS) is 11.1. The summed E-state index contributed by atoms with van der Waals surface area (Å²) in [6, 6.07) is 15.0. The number of oxime groups is 1. The van der Waals surface area contributed by atoms with Gasteiger partial charge in [-0.2, -0.15) is 4.98 Å². The van der Waals surface area contributed by atoms with Crippen molar-refractivity contribution in [3.63, 3.8) is 0 Å². The molecule has 1 amide bonds. The number of amides is 1. The van der Waals surface area contributed by atoms with Gasteiger partial charge in [0, 0.05) is 66.2 Å². The van der Waals surface area contributed by atoms with E-state index >= 15 is 0 Å². The number of carbonyl (C=O) groups excluding carboxylic acids is 1. The van der Waals surface area contributed by atoms with Crippen molar-refractivity contribution in [3.05, 3.63) is 71.1 Å². The van der Waals surface area contributed by atoms with Gasteiger partial charge in [-0.05, 0) is 11.1 Å². The standard InChI is InChI=1S/C14H17N3O2.C8H11N3O.C6H14O3.H2/c1-3-12(18)15-9-10-5-7-11(8-6-10)14-16-13(4-2)19-17-14;9-5-6-1-3-7(4-2-6)8(10)11-12;1-5-6(7-2,8-3)9-4;/h5-8H,3-4,9H2,1-2H3,(H,15,18);1-4,12H,5,9H2,(H2,10,11);5H2,1-4H3;1H. The maximum Gasteiger partial charge on any atom is 0.281 e. The van der Waals surface area contributed by atoms with Crippen molar-refractivity contribution < 1.29 is 30.2 Å². The molecule has 12 heteroatoms. The smallest absolute Gasteiger partial charge is 0.281 e. The fourth-order valence-corrected chi connectivity index (χ4v) is 3.17. The molecular weight excluding hydrogens is 516 g/mol. The monoisotopic (exact) mass is 560 g/mol. The van der Waals surface area contributed by atoms with Crippen molar-refractivity contribution in [1.29, 1.82) is 0 Å². The third-order valence-electron chi connectivity index (χ3n) is 5.75. The minimum absolute atomic E-state index is 0. The lowest BCUT2D eigenvalue weighted by atomic mass is 10.1. The Morgan fingerprint density at radius 1 is 1.02 bits per heavy atom. The summed E-state index contributed by atoms with van der Waals surface area (Å²) in [5, 5.41) is 18.0. The van der Waals surface area contributed by atoms with E-state index in [4.69, 9.17) is 35.4 Å². The molecule has 0 saturated carbocycles. The zero-order valence-corrected chi connectivity index (χ0v) is 24.1. The Morgan fingerprint density at radius 2 is 1.60 bits per heavy atom. The number of nitrogens with two attached hydrogens (primary N) is 2. The Bertz CT molecular complexity index is 1130. The summed E-state index contributed by atoms with van der Waals surface area (Å²) in [5.74, 6) is 0.559. The van der Waals surface area contributed by atoms with Gasteiger partial charge in [-0.15, -0.1) is 0 Å². The number of benzene rings is 2. The van der Waals surface area contributed by atoms with Crippen LogP contribution in [0, 0.1) is 0 Å². The van der Waals surface area contributed by atoms with Gasteiger partial charge in [0.05, 0.1) is 0 Å². The molecule has 222 valence electrons. The van der Waals surface area contributed by atoms with E-state index in [0.29, 0.717) is 43.2 Å². The summed E-state index contributed by atoms with van der Waals surface area (Å²) in [6.45, 7) is 6.77. The molecule has 3 rings (SSSR count). The molecule has 0 saturated heterocycles. The largest absolute Gasteiger partial charge is 0.409 e. The minimum Gasteiger partial charge on any atom is -0.409 e. The SMILES string of the molecule is CCC(=O)NCc1ccc(-c2noc(CC)n2)cc1.CCC(OC)(OC)OC.NCc1ccc(C(N)=NO)cc1.[HH]. The lowest BCUT2D eigenvalue weighted by Gasteiger charge is -2.26. The molecule has 0 unspecified atom stereocenters. The number of rotatable bonds is 11. The molecule has 0 radical (unpaired) electrons. The van der Waals surface area contributed by atoms with Crippen molar-refractivity contribution in [2.45, 2.75) is 59.1 Å². The van der Waals surface area contributed by atoms with Crippen molar-refractivity contribution in [3.8, 4) is 11.4 Å². The first kappa shape index (κ1) is 34.2. The average molecular weight is 561 g/mol. The van der Waals surface area contributed by atoms with Crippen LogP contribution < -0.4 is 16.8 Å². The molecular formula is C28H44N6O6. The van der Waals surface area contributed by atoms with Crippen LogP contribution in [-0.4, -0.2) is 54.4 Å². The Balaban J connectivity index is 0.000000629. The zero-order chi connectivity index (χ0) is 30.0. The van der Waals surface area contributed by atoms with Gasteiger partial charge in [-0.3, -0.25) is 4.79 Å². The van der Waals surface area contributed by atoms with E-state index in [9.17, 15) is 4.79 Å². The summed E-state index contributed by atoms with van der Waals surface area (Å²) in [5.41, 5.74) is 14.4. The van der Waals surface area contributed by atoms with Gasteiger partial charge in [0.2, 0.25) is 17.6 Å². The van der Waals surface area contributed by atoms with Gasteiger partial charge >= 0.3 is 0 Å². The number of methoxy groups -OCH3 is 3. The number of carbonyl (C=O) groups is 1. The molecule has 0 aliphatic rings. The zero-order valence-electron chi connectivity index (χ0n) is 24.1. The third kappa shape index (κ3) is 11.1. The highest BCUT2D eigenvalue weighted by Gasteiger charge is 2.25. The number of aryl methyl sites for hydroxylation is 1. The summed E-state index contributed by atoms with van der Waals surface area (Å²) in [7, 11) is 4.66. The highest BCUT2D eigenvalue weighted by atomic mass is 16.9. The Morgan fingerprint density at radius 3 is 2.00 bits per heavy atom. The Labute approximate surface area is 237 Å². The number of hydrogen-bond donors (Lipinski definition) is 4. The van der Waals surface area contributed by atoms with Gasteiger partial charge in [-0.25, -0.2) is 0 Å². The number of ether oxygens (including phenoxy) is 3. The van der Waals surface area contributed by atoms with E-state index in [0.717, 1.165) is 23.1 Å². The van der Waals surface area contributed by atoms with Crippen LogP contribution in [0.15, 0.2) is 58.2 Å². The van der Waals surface area contributed by atoms with Crippen LogP contribution in [0.3, 0.4) is 0 Å². The van der Waals surface area contributed by atoms with E-state index in [1.165, 1.54) is 0 Å². The number of aromatic nitrogens is 2. The fourth-order valence-electron chi connectivity index (χ4n) is 3.17. The second-order valence-corrected chi connectivity index (χ2v) is 8.23. The van der Waals surface area contributed by atoms with E-state index in [2.05, 4.69) is 20.6 Å².